The van der Waals surface area contributed by atoms with E-state index in [1.54, 1.807) is 0 Å². The van der Waals surface area contributed by atoms with Crippen LogP contribution in [0.3, 0.4) is 0 Å². The summed E-state index contributed by atoms with van der Waals surface area (Å²) in [7, 11) is 0. The number of hydrogen-bond donors (Lipinski definition) is 1. The fourth-order valence-electron chi connectivity index (χ4n) is 2.11. The molecular formula is C14H19BrN2S2. The molecule has 0 aromatic carbocycles. The molecule has 0 aliphatic rings. The van der Waals surface area contributed by atoms with E-state index in [9.17, 15) is 0 Å². The van der Waals surface area contributed by atoms with Crippen molar-refractivity contribution in [1.29, 1.82) is 0 Å². The second-order valence-corrected chi connectivity index (χ2v) is 7.77. The monoisotopic (exact) mass is 358 g/mol. The first-order valence-corrected chi connectivity index (χ1v) is 8.99. The van der Waals surface area contributed by atoms with Gasteiger partial charge in [-0.2, -0.15) is 0 Å². The van der Waals surface area contributed by atoms with Gasteiger partial charge in [0, 0.05) is 32.1 Å². The van der Waals surface area contributed by atoms with Crippen molar-refractivity contribution in [2.75, 3.05) is 6.54 Å². The zero-order valence-corrected chi connectivity index (χ0v) is 14.7. The predicted molar refractivity (Wildman–Crippen MR) is 88.3 cm³/mol. The summed E-state index contributed by atoms with van der Waals surface area (Å²) in [6, 6.07) is 2.60. The quantitative estimate of drug-likeness (QED) is 0.796. The molecule has 2 rings (SSSR count). The van der Waals surface area contributed by atoms with Crippen molar-refractivity contribution in [3.8, 4) is 0 Å². The highest BCUT2D eigenvalue weighted by atomic mass is 79.9. The molecule has 2 nitrogen and oxygen atoms in total. The molecule has 0 fully saturated rings. The first-order valence-electron chi connectivity index (χ1n) is 6.50. The van der Waals surface area contributed by atoms with Crippen LogP contribution in [0.5, 0.6) is 0 Å². The van der Waals surface area contributed by atoms with Crippen LogP contribution in [0.15, 0.2) is 15.9 Å². The lowest BCUT2D eigenvalue weighted by molar-refractivity contribution is 0.536. The van der Waals surface area contributed by atoms with E-state index in [1.165, 1.54) is 19.9 Å². The smallest absolute Gasteiger partial charge is 0.0900 e. The van der Waals surface area contributed by atoms with Crippen LogP contribution in [0, 0.1) is 13.8 Å². The summed E-state index contributed by atoms with van der Waals surface area (Å²) < 4.78 is 1.18. The number of rotatable bonds is 6. The van der Waals surface area contributed by atoms with E-state index in [4.69, 9.17) is 0 Å². The standard InChI is InChI=1S/C14H19BrN2S2/c1-4-5-16-13(7-12-6-11(15)8-18-12)14-9(2)17-10(3)19-14/h6,8,13,16H,4-5,7H2,1-3H3. The molecule has 0 radical (unpaired) electrons. The van der Waals surface area contributed by atoms with E-state index >= 15 is 0 Å². The van der Waals surface area contributed by atoms with Crippen LogP contribution in [0.25, 0.3) is 0 Å². The zero-order chi connectivity index (χ0) is 13.8. The topological polar surface area (TPSA) is 24.9 Å². The number of thiophene rings is 1. The lowest BCUT2D eigenvalue weighted by atomic mass is 10.1. The molecule has 2 heterocycles. The van der Waals surface area contributed by atoms with Gasteiger partial charge in [-0.05, 0) is 48.8 Å². The van der Waals surface area contributed by atoms with Gasteiger partial charge in [-0.3, -0.25) is 0 Å². The highest BCUT2D eigenvalue weighted by Crippen LogP contribution is 2.30. The third-order valence-electron chi connectivity index (χ3n) is 2.92. The van der Waals surface area contributed by atoms with Gasteiger partial charge in [0.1, 0.15) is 0 Å². The van der Waals surface area contributed by atoms with Crippen LogP contribution < -0.4 is 5.32 Å². The Kier molecular flexibility index (Phi) is 5.57. The molecule has 0 aliphatic carbocycles. The first-order chi connectivity index (χ1) is 9.10. The third-order valence-corrected chi connectivity index (χ3v) is 5.83. The lowest BCUT2D eigenvalue weighted by Crippen LogP contribution is -2.23. The SMILES string of the molecule is CCCNC(Cc1cc(Br)cs1)c1sc(C)nc1C. The van der Waals surface area contributed by atoms with Gasteiger partial charge in [-0.25, -0.2) is 4.98 Å². The number of thiazole rings is 1. The molecule has 2 aromatic rings. The van der Waals surface area contributed by atoms with Crippen molar-refractivity contribution in [3.63, 3.8) is 0 Å². The normalized spacial score (nSPS) is 12.8. The molecule has 19 heavy (non-hydrogen) atoms. The Morgan fingerprint density at radius 2 is 2.21 bits per heavy atom. The maximum absolute atomic E-state index is 4.56. The molecule has 0 saturated heterocycles. The lowest BCUT2D eigenvalue weighted by Gasteiger charge is -2.17. The van der Waals surface area contributed by atoms with Crippen LogP contribution >= 0.6 is 38.6 Å². The Morgan fingerprint density at radius 1 is 1.42 bits per heavy atom. The highest BCUT2D eigenvalue weighted by molar-refractivity contribution is 9.10. The molecule has 1 unspecified atom stereocenters. The van der Waals surface area contributed by atoms with Crippen molar-refractivity contribution in [2.45, 2.75) is 39.7 Å². The van der Waals surface area contributed by atoms with Gasteiger partial charge in [0.2, 0.25) is 0 Å². The Labute approximate surface area is 131 Å². The molecule has 0 amide bonds. The largest absolute Gasteiger partial charge is 0.309 e. The fourth-order valence-corrected chi connectivity index (χ4v) is 4.61. The van der Waals surface area contributed by atoms with Gasteiger partial charge >= 0.3 is 0 Å². The molecule has 0 bridgehead atoms. The molecule has 0 aliphatic heterocycles. The minimum atomic E-state index is 0.386. The molecule has 1 atom stereocenters. The summed E-state index contributed by atoms with van der Waals surface area (Å²) in [5.41, 5.74) is 1.17. The highest BCUT2D eigenvalue weighted by Gasteiger charge is 2.18. The molecule has 0 saturated carbocycles. The Bertz CT molecular complexity index is 533. The van der Waals surface area contributed by atoms with E-state index in [-0.39, 0.29) is 0 Å². The first kappa shape index (κ1) is 15.2. The molecule has 2 aromatic heterocycles. The average Bonchev–Trinajstić information content (AvgIpc) is 2.91. The molecule has 5 heteroatoms. The maximum atomic E-state index is 4.56. The summed E-state index contributed by atoms with van der Waals surface area (Å²) >= 11 is 7.16. The van der Waals surface area contributed by atoms with Crippen molar-refractivity contribution >= 4 is 38.6 Å². The van der Waals surface area contributed by atoms with E-state index < -0.39 is 0 Å². The van der Waals surface area contributed by atoms with Crippen molar-refractivity contribution in [3.05, 3.63) is 36.4 Å². The number of hydrogen-bond acceptors (Lipinski definition) is 4. The van der Waals surface area contributed by atoms with Crippen LogP contribution in [0.1, 0.15) is 39.8 Å². The van der Waals surface area contributed by atoms with Crippen LogP contribution in [-0.4, -0.2) is 11.5 Å². The Hall–Kier alpha value is -0.230. The van der Waals surface area contributed by atoms with Crippen molar-refractivity contribution in [1.82, 2.24) is 10.3 Å². The summed E-state index contributed by atoms with van der Waals surface area (Å²) in [5.74, 6) is 0. The van der Waals surface area contributed by atoms with Crippen LogP contribution in [0.2, 0.25) is 0 Å². The van der Waals surface area contributed by atoms with Crippen LogP contribution in [-0.2, 0) is 6.42 Å². The van der Waals surface area contributed by atoms with Gasteiger partial charge in [0.25, 0.3) is 0 Å². The van der Waals surface area contributed by atoms with E-state index in [1.807, 2.05) is 22.7 Å². The predicted octanol–water partition coefficient (Wildman–Crippen LogP) is 4.87. The Morgan fingerprint density at radius 3 is 2.74 bits per heavy atom. The summed E-state index contributed by atoms with van der Waals surface area (Å²) in [6.07, 6.45) is 2.19. The average molecular weight is 359 g/mol. The third kappa shape index (κ3) is 4.12. The Balaban J connectivity index is 2.18. The molecule has 1 N–H and O–H groups in total. The van der Waals surface area contributed by atoms with Crippen molar-refractivity contribution in [2.24, 2.45) is 0 Å². The number of nitrogens with one attached hydrogen (secondary N) is 1. The van der Waals surface area contributed by atoms with Gasteiger partial charge in [-0.15, -0.1) is 22.7 Å². The minimum absolute atomic E-state index is 0.386. The number of aromatic nitrogens is 1. The summed E-state index contributed by atoms with van der Waals surface area (Å²) in [5, 5.41) is 6.96. The summed E-state index contributed by atoms with van der Waals surface area (Å²) in [4.78, 5) is 7.35. The number of halogens is 1. The van der Waals surface area contributed by atoms with E-state index in [0.29, 0.717) is 6.04 Å². The minimum Gasteiger partial charge on any atom is -0.309 e. The summed E-state index contributed by atoms with van der Waals surface area (Å²) in [6.45, 7) is 7.45. The second kappa shape index (κ2) is 6.97. The van der Waals surface area contributed by atoms with Gasteiger partial charge < -0.3 is 5.32 Å². The molecule has 0 spiro atoms. The van der Waals surface area contributed by atoms with Crippen LogP contribution in [0.4, 0.5) is 0 Å². The maximum Gasteiger partial charge on any atom is 0.0900 e. The number of nitrogens with zero attached hydrogens (tertiary/aromatic N) is 1. The molecular weight excluding hydrogens is 340 g/mol. The fraction of sp³-hybridized carbons (Fsp3) is 0.500. The molecule has 104 valence electrons. The van der Waals surface area contributed by atoms with Gasteiger partial charge in [0.15, 0.2) is 0 Å². The number of aryl methyl sites for hydroxylation is 2. The van der Waals surface area contributed by atoms with Gasteiger partial charge in [-0.1, -0.05) is 6.92 Å². The second-order valence-electron chi connectivity index (χ2n) is 4.62. The van der Waals surface area contributed by atoms with Gasteiger partial charge in [0.05, 0.1) is 10.7 Å². The van der Waals surface area contributed by atoms with E-state index in [2.05, 4.69) is 58.4 Å². The van der Waals surface area contributed by atoms with E-state index in [0.717, 1.165) is 24.4 Å². The van der Waals surface area contributed by atoms with Crippen molar-refractivity contribution < 1.29 is 0 Å². The zero-order valence-electron chi connectivity index (χ0n) is 11.5.